The van der Waals surface area contributed by atoms with Crippen LogP contribution < -0.4 is 4.74 Å². The van der Waals surface area contributed by atoms with Crippen LogP contribution in [-0.2, 0) is 0 Å². The summed E-state index contributed by atoms with van der Waals surface area (Å²) < 4.78 is 7.34. The van der Waals surface area contributed by atoms with Gasteiger partial charge in [0.25, 0.3) is 0 Å². The number of esters is 1. The van der Waals surface area contributed by atoms with Crippen LogP contribution in [0.4, 0.5) is 0 Å². The van der Waals surface area contributed by atoms with E-state index in [9.17, 15) is 4.79 Å². The van der Waals surface area contributed by atoms with E-state index < -0.39 is 5.97 Å². The molecule has 0 aliphatic carbocycles. The first-order valence-electron chi connectivity index (χ1n) is 10.1. The largest absolute Gasteiger partial charge is 0.423 e. The van der Waals surface area contributed by atoms with Gasteiger partial charge in [0.1, 0.15) is 5.75 Å². The minimum atomic E-state index is -0.434. The van der Waals surface area contributed by atoms with E-state index in [1.165, 1.54) is 0 Å². The maximum absolute atomic E-state index is 12.3. The van der Waals surface area contributed by atoms with Gasteiger partial charge in [-0.1, -0.05) is 41.9 Å². The highest BCUT2D eigenvalue weighted by atomic mass is 35.5. The summed E-state index contributed by atoms with van der Waals surface area (Å²) >= 11 is 5.88. The van der Waals surface area contributed by atoms with Crippen molar-refractivity contribution in [2.45, 2.75) is 6.92 Å². The zero-order chi connectivity index (χ0) is 22.1. The molecule has 0 saturated carbocycles. The number of benzene rings is 3. The van der Waals surface area contributed by atoms with Crippen molar-refractivity contribution in [2.24, 2.45) is 0 Å². The highest BCUT2D eigenvalue weighted by Gasteiger charge is 2.16. The average Bonchev–Trinajstić information content (AvgIpc) is 3.16. The van der Waals surface area contributed by atoms with Crippen molar-refractivity contribution in [3.05, 3.63) is 107 Å². The zero-order valence-corrected chi connectivity index (χ0v) is 18.0. The minimum Gasteiger partial charge on any atom is -0.423 e. The molecular weight excluding hydrogens is 422 g/mol. The number of nitrogens with zero attached hydrogens (tertiary/aromatic N) is 3. The molecule has 0 spiro atoms. The van der Waals surface area contributed by atoms with Gasteiger partial charge in [0, 0.05) is 22.3 Å². The average molecular weight is 440 g/mol. The van der Waals surface area contributed by atoms with E-state index in [0.29, 0.717) is 16.3 Å². The Balaban J connectivity index is 1.46. The van der Waals surface area contributed by atoms with E-state index >= 15 is 0 Å². The number of ether oxygens (including phenoxy) is 1. The highest BCUT2D eigenvalue weighted by molar-refractivity contribution is 6.30. The second-order valence-electron chi connectivity index (χ2n) is 7.31. The molecule has 0 saturated heterocycles. The monoisotopic (exact) mass is 439 g/mol. The smallest absolute Gasteiger partial charge is 0.343 e. The summed E-state index contributed by atoms with van der Waals surface area (Å²) in [5, 5.41) is 5.31. The van der Waals surface area contributed by atoms with E-state index in [1.807, 2.05) is 47.8 Å². The van der Waals surface area contributed by atoms with E-state index in [4.69, 9.17) is 21.4 Å². The molecular formula is C26H18ClN3O2. The van der Waals surface area contributed by atoms with Crippen molar-refractivity contribution in [1.29, 1.82) is 0 Å². The fourth-order valence-corrected chi connectivity index (χ4v) is 3.78. The molecule has 5 aromatic rings. The van der Waals surface area contributed by atoms with Crippen LogP contribution in [0, 0.1) is 6.92 Å². The van der Waals surface area contributed by atoms with Crippen LogP contribution >= 0.6 is 11.6 Å². The Morgan fingerprint density at radius 1 is 0.875 bits per heavy atom. The van der Waals surface area contributed by atoms with E-state index in [-0.39, 0.29) is 0 Å². The summed E-state index contributed by atoms with van der Waals surface area (Å²) in [6.45, 7) is 1.99. The molecule has 2 aromatic heterocycles. The molecule has 0 aliphatic rings. The lowest BCUT2D eigenvalue weighted by Gasteiger charge is -2.08. The lowest BCUT2D eigenvalue weighted by Crippen LogP contribution is -2.08. The summed E-state index contributed by atoms with van der Waals surface area (Å²) in [4.78, 5) is 16.9. The van der Waals surface area contributed by atoms with Crippen molar-refractivity contribution in [2.75, 3.05) is 0 Å². The normalized spacial score (nSPS) is 10.9. The fraction of sp³-hybridized carbons (Fsp3) is 0.0385. The van der Waals surface area contributed by atoms with Crippen LogP contribution in [0.1, 0.15) is 16.1 Å². The molecule has 6 heteroatoms. The van der Waals surface area contributed by atoms with Gasteiger partial charge in [0.2, 0.25) is 0 Å². The fourth-order valence-electron chi connectivity index (χ4n) is 3.66. The maximum atomic E-state index is 12.3. The molecule has 2 heterocycles. The first-order valence-corrected chi connectivity index (χ1v) is 10.5. The van der Waals surface area contributed by atoms with Crippen LogP contribution in [0.25, 0.3) is 28.0 Å². The first-order chi connectivity index (χ1) is 15.6. The summed E-state index contributed by atoms with van der Waals surface area (Å²) in [5.74, 6) is 0.0246. The number of hydrogen-bond acceptors (Lipinski definition) is 4. The predicted molar refractivity (Wildman–Crippen MR) is 125 cm³/mol. The van der Waals surface area contributed by atoms with E-state index in [0.717, 1.165) is 33.7 Å². The molecule has 0 amide bonds. The minimum absolute atomic E-state index is 0.434. The molecule has 5 rings (SSSR count). The van der Waals surface area contributed by atoms with E-state index in [1.54, 1.807) is 42.6 Å². The zero-order valence-electron chi connectivity index (χ0n) is 17.2. The van der Waals surface area contributed by atoms with Gasteiger partial charge >= 0.3 is 5.97 Å². The molecule has 0 fully saturated rings. The third kappa shape index (κ3) is 3.74. The van der Waals surface area contributed by atoms with Gasteiger partial charge in [-0.2, -0.15) is 5.10 Å². The molecule has 156 valence electrons. The van der Waals surface area contributed by atoms with Gasteiger partial charge in [-0.05, 0) is 67.1 Å². The lowest BCUT2D eigenvalue weighted by atomic mass is 10.1. The molecule has 0 atom stereocenters. The topological polar surface area (TPSA) is 56.5 Å². The molecule has 32 heavy (non-hydrogen) atoms. The second kappa shape index (κ2) is 8.29. The van der Waals surface area contributed by atoms with Crippen molar-refractivity contribution in [3.63, 3.8) is 0 Å². The molecule has 0 unspecified atom stereocenters. The highest BCUT2D eigenvalue weighted by Crippen LogP contribution is 2.30. The molecule has 0 bridgehead atoms. The SMILES string of the molecule is Cc1nn2c(-c3ccc(OC(=O)c4ccc(Cl)cc4)cc3)ccnc2c1-c1ccccc1. The van der Waals surface area contributed by atoms with Gasteiger partial charge in [0.15, 0.2) is 5.65 Å². The van der Waals surface area contributed by atoms with Crippen LogP contribution in [-0.4, -0.2) is 20.6 Å². The third-order valence-corrected chi connectivity index (χ3v) is 5.45. The van der Waals surface area contributed by atoms with Crippen LogP contribution in [0.2, 0.25) is 5.02 Å². The van der Waals surface area contributed by atoms with Gasteiger partial charge in [-0.15, -0.1) is 0 Å². The van der Waals surface area contributed by atoms with Crippen molar-refractivity contribution in [3.8, 4) is 28.1 Å². The maximum Gasteiger partial charge on any atom is 0.343 e. The Labute approximate surface area is 189 Å². The second-order valence-corrected chi connectivity index (χ2v) is 7.75. The lowest BCUT2D eigenvalue weighted by molar-refractivity contribution is 0.0735. The number of hydrogen-bond donors (Lipinski definition) is 0. The van der Waals surface area contributed by atoms with Crippen LogP contribution in [0.3, 0.4) is 0 Å². The van der Waals surface area contributed by atoms with Gasteiger partial charge in [-0.3, -0.25) is 0 Å². The molecule has 3 aromatic carbocycles. The number of aryl methyl sites for hydroxylation is 1. The van der Waals surface area contributed by atoms with Gasteiger partial charge in [-0.25, -0.2) is 14.3 Å². The Bertz CT molecular complexity index is 1410. The first kappa shape index (κ1) is 20.0. The number of halogens is 1. The standard InChI is InChI=1S/C26H18ClN3O2/c1-17-24(19-5-3-2-4-6-19)25-28-16-15-23(30(25)29-17)18-9-13-22(14-10-18)32-26(31)20-7-11-21(27)12-8-20/h2-16H,1H3. The van der Waals surface area contributed by atoms with Gasteiger partial charge < -0.3 is 4.74 Å². The van der Waals surface area contributed by atoms with Crippen molar-refractivity contribution in [1.82, 2.24) is 14.6 Å². The number of carbonyl (C=O) groups excluding carboxylic acids is 1. The third-order valence-electron chi connectivity index (χ3n) is 5.20. The quantitative estimate of drug-likeness (QED) is 0.245. The predicted octanol–water partition coefficient (Wildman–Crippen LogP) is 6.24. The van der Waals surface area contributed by atoms with Crippen molar-refractivity contribution < 1.29 is 9.53 Å². The summed E-state index contributed by atoms with van der Waals surface area (Å²) in [7, 11) is 0. The Kier molecular flexibility index (Phi) is 5.17. The molecule has 5 nitrogen and oxygen atoms in total. The molecule has 0 N–H and O–H groups in total. The Morgan fingerprint density at radius 3 is 2.31 bits per heavy atom. The van der Waals surface area contributed by atoms with E-state index in [2.05, 4.69) is 17.1 Å². The summed E-state index contributed by atoms with van der Waals surface area (Å²) in [5.41, 5.74) is 6.07. The van der Waals surface area contributed by atoms with Crippen molar-refractivity contribution >= 4 is 23.2 Å². The van der Waals surface area contributed by atoms with Crippen LogP contribution in [0.5, 0.6) is 5.75 Å². The van der Waals surface area contributed by atoms with Crippen LogP contribution in [0.15, 0.2) is 91.1 Å². The number of rotatable bonds is 4. The van der Waals surface area contributed by atoms with Gasteiger partial charge in [0.05, 0.1) is 17.0 Å². The summed E-state index contributed by atoms with van der Waals surface area (Å²) in [6.07, 6.45) is 1.78. The number of aromatic nitrogens is 3. The number of carbonyl (C=O) groups is 1. The molecule has 0 aliphatic heterocycles. The Morgan fingerprint density at radius 2 is 1.59 bits per heavy atom. The molecule has 0 radical (unpaired) electrons. The summed E-state index contributed by atoms with van der Waals surface area (Å²) in [6, 6.07) is 26.0. The Hall–Kier alpha value is -3.96. The number of fused-ring (bicyclic) bond motifs is 1.